The molecule has 1 unspecified atom stereocenters. The maximum Gasteiger partial charge on any atom is 0.251 e. The summed E-state index contributed by atoms with van der Waals surface area (Å²) < 4.78 is -0.971. The van der Waals surface area contributed by atoms with Crippen molar-refractivity contribution >= 4 is 52.5 Å². The van der Waals surface area contributed by atoms with Crippen LogP contribution in [0, 0.1) is 17.8 Å². The monoisotopic (exact) mass is 577 g/mol. The Morgan fingerprint density at radius 2 is 1.65 bits per heavy atom. The highest BCUT2D eigenvalue weighted by molar-refractivity contribution is 8.02. The van der Waals surface area contributed by atoms with Gasteiger partial charge in [-0.25, -0.2) is 0 Å². The molecule has 6 rings (SSSR count). The van der Waals surface area contributed by atoms with E-state index in [1.165, 1.54) is 11.8 Å². The Balaban J connectivity index is 1.49. The third kappa shape index (κ3) is 4.03. The van der Waals surface area contributed by atoms with Crippen molar-refractivity contribution in [3.05, 3.63) is 83.9 Å². The second-order valence-corrected chi connectivity index (χ2v) is 13.0. The average molecular weight is 578 g/mol. The van der Waals surface area contributed by atoms with Gasteiger partial charge in [-0.1, -0.05) is 80.1 Å². The Labute approximate surface area is 243 Å². The standard InChI is InChI=1S/C31H32ClN3O4S/c1-19(2)23(18-36)35-27-30(39)34(22-13-7-6-12-21(22)32)17-9-15-31(27)26(29(35)38)25-24(40-31)14-8-16-33(28(25)37)20-10-4-3-5-11-20/h3-15,19,23-27,36H,16-18H2,1-2H3/t23-,24-,25+,26-,27?,31-/m0/s1. The molecule has 0 radical (unpaired) electrons. The van der Waals surface area contributed by atoms with Gasteiger partial charge in [0.15, 0.2) is 0 Å². The summed E-state index contributed by atoms with van der Waals surface area (Å²) in [7, 11) is 0. The van der Waals surface area contributed by atoms with E-state index in [-0.39, 0.29) is 42.0 Å². The van der Waals surface area contributed by atoms with E-state index in [0.717, 1.165) is 5.69 Å². The van der Waals surface area contributed by atoms with Gasteiger partial charge in [0.05, 0.1) is 39.9 Å². The van der Waals surface area contributed by atoms with Crippen LogP contribution in [0.5, 0.6) is 0 Å². The number of hydrogen-bond donors (Lipinski definition) is 1. The molecule has 208 valence electrons. The summed E-state index contributed by atoms with van der Waals surface area (Å²) in [5.74, 6) is -2.15. The number of aliphatic hydroxyl groups is 1. The molecule has 0 bridgehead atoms. The Morgan fingerprint density at radius 1 is 0.950 bits per heavy atom. The van der Waals surface area contributed by atoms with Gasteiger partial charge in [-0.3, -0.25) is 14.4 Å². The molecule has 4 aliphatic heterocycles. The largest absolute Gasteiger partial charge is 0.394 e. The lowest BCUT2D eigenvalue weighted by Gasteiger charge is -2.39. The SMILES string of the molecule is CC(C)[C@H](CO)N1C(=O)[C@@H]2[C@@H]3C(=O)N(c4ccccc4)CC=C[C@@H]3S[C@@]23C=CCN(c2ccccc2Cl)C(=O)C13. The molecule has 4 aliphatic rings. The number of aliphatic hydroxyl groups excluding tert-OH is 1. The zero-order valence-electron chi connectivity index (χ0n) is 22.4. The van der Waals surface area contributed by atoms with Gasteiger partial charge >= 0.3 is 0 Å². The number of amides is 3. The number of para-hydroxylation sites is 2. The van der Waals surface area contributed by atoms with Crippen molar-refractivity contribution in [1.29, 1.82) is 0 Å². The highest BCUT2D eigenvalue weighted by Gasteiger charge is 2.72. The van der Waals surface area contributed by atoms with Crippen molar-refractivity contribution in [2.75, 3.05) is 29.5 Å². The Kier molecular flexibility index (Phi) is 7.05. The number of anilines is 2. The van der Waals surface area contributed by atoms with Crippen molar-refractivity contribution in [1.82, 2.24) is 4.90 Å². The third-order valence-electron chi connectivity index (χ3n) is 8.62. The van der Waals surface area contributed by atoms with E-state index in [9.17, 15) is 19.5 Å². The Hall–Kier alpha value is -3.07. The van der Waals surface area contributed by atoms with Crippen molar-refractivity contribution in [2.45, 2.75) is 35.9 Å². The first kappa shape index (κ1) is 27.1. The molecule has 2 aromatic rings. The molecule has 0 saturated carbocycles. The number of halogens is 1. The summed E-state index contributed by atoms with van der Waals surface area (Å²) in [6.45, 7) is 4.29. The van der Waals surface area contributed by atoms with E-state index in [2.05, 4.69) is 0 Å². The van der Waals surface area contributed by atoms with E-state index < -0.39 is 28.7 Å². The summed E-state index contributed by atoms with van der Waals surface area (Å²) in [5.41, 5.74) is 1.34. The zero-order chi connectivity index (χ0) is 28.2. The number of carbonyl (C=O) groups excluding carboxylic acids is 3. The van der Waals surface area contributed by atoms with Crippen LogP contribution in [0.25, 0.3) is 0 Å². The summed E-state index contributed by atoms with van der Waals surface area (Å²) in [6.07, 6.45) is 7.92. The Bertz CT molecular complexity index is 1400. The van der Waals surface area contributed by atoms with Crippen LogP contribution < -0.4 is 9.80 Å². The van der Waals surface area contributed by atoms with Crippen LogP contribution in [0.1, 0.15) is 13.8 Å². The van der Waals surface area contributed by atoms with Crippen LogP contribution >= 0.6 is 23.4 Å². The molecule has 40 heavy (non-hydrogen) atoms. The number of carbonyl (C=O) groups is 3. The molecule has 3 amide bonds. The predicted molar refractivity (Wildman–Crippen MR) is 158 cm³/mol. The number of fused-ring (bicyclic) bond motifs is 2. The van der Waals surface area contributed by atoms with Gasteiger partial charge in [0.1, 0.15) is 6.04 Å². The van der Waals surface area contributed by atoms with E-state index in [4.69, 9.17) is 11.6 Å². The first-order chi connectivity index (χ1) is 19.3. The van der Waals surface area contributed by atoms with Crippen molar-refractivity contribution in [2.24, 2.45) is 17.8 Å². The molecule has 9 heteroatoms. The Morgan fingerprint density at radius 3 is 2.35 bits per heavy atom. The molecule has 7 nitrogen and oxygen atoms in total. The van der Waals surface area contributed by atoms with Gasteiger partial charge in [-0.05, 0) is 30.2 Å². The van der Waals surface area contributed by atoms with Crippen LogP contribution in [-0.4, -0.2) is 69.5 Å². The van der Waals surface area contributed by atoms with E-state index in [1.54, 1.807) is 26.8 Å². The van der Waals surface area contributed by atoms with Crippen molar-refractivity contribution < 1.29 is 19.5 Å². The van der Waals surface area contributed by atoms with Crippen LogP contribution in [0.4, 0.5) is 11.4 Å². The minimum atomic E-state index is -0.971. The highest BCUT2D eigenvalue weighted by atomic mass is 35.5. The topological polar surface area (TPSA) is 81.2 Å². The van der Waals surface area contributed by atoms with Crippen LogP contribution in [0.15, 0.2) is 78.9 Å². The fourth-order valence-electron chi connectivity index (χ4n) is 6.78. The molecule has 2 aromatic carbocycles. The molecule has 2 saturated heterocycles. The van der Waals surface area contributed by atoms with Gasteiger partial charge < -0.3 is 19.8 Å². The van der Waals surface area contributed by atoms with Crippen molar-refractivity contribution in [3.8, 4) is 0 Å². The smallest absolute Gasteiger partial charge is 0.251 e. The molecule has 0 aromatic heterocycles. The highest BCUT2D eigenvalue weighted by Crippen LogP contribution is 2.61. The third-order valence-corrected chi connectivity index (χ3v) is 10.7. The first-order valence-electron chi connectivity index (χ1n) is 13.7. The summed E-state index contributed by atoms with van der Waals surface area (Å²) in [6, 6.07) is 15.2. The molecule has 1 spiro atoms. The van der Waals surface area contributed by atoms with Gasteiger partial charge in [-0.15, -0.1) is 11.8 Å². The lowest BCUT2D eigenvalue weighted by atomic mass is 9.78. The number of rotatable bonds is 5. The molecule has 1 N–H and O–H groups in total. The zero-order valence-corrected chi connectivity index (χ0v) is 24.0. The van der Waals surface area contributed by atoms with E-state index >= 15 is 0 Å². The molecular weight excluding hydrogens is 546 g/mol. The van der Waals surface area contributed by atoms with Crippen molar-refractivity contribution in [3.63, 3.8) is 0 Å². The maximum atomic E-state index is 14.6. The van der Waals surface area contributed by atoms with Crippen LogP contribution in [-0.2, 0) is 14.4 Å². The number of nitrogens with zero attached hydrogens (tertiary/aromatic N) is 3. The average Bonchev–Trinajstić information content (AvgIpc) is 3.25. The molecular formula is C31H32ClN3O4S. The fourth-order valence-corrected chi connectivity index (χ4v) is 9.01. The molecule has 6 atom stereocenters. The lowest BCUT2D eigenvalue weighted by molar-refractivity contribution is -0.142. The normalized spacial score (nSPS) is 30.3. The summed E-state index contributed by atoms with van der Waals surface area (Å²) in [5, 5.41) is 10.7. The minimum absolute atomic E-state index is 0.107. The molecule has 2 fully saturated rings. The van der Waals surface area contributed by atoms with Gasteiger partial charge in [0.25, 0.3) is 5.91 Å². The van der Waals surface area contributed by atoms with Gasteiger partial charge in [-0.2, -0.15) is 0 Å². The summed E-state index contributed by atoms with van der Waals surface area (Å²) in [4.78, 5) is 48.4. The maximum absolute atomic E-state index is 14.6. The van der Waals surface area contributed by atoms with Gasteiger partial charge in [0, 0.05) is 24.0 Å². The van der Waals surface area contributed by atoms with Crippen LogP contribution in [0.3, 0.4) is 0 Å². The van der Waals surface area contributed by atoms with E-state index in [1.807, 2.05) is 80.6 Å². The molecule has 0 aliphatic carbocycles. The van der Waals surface area contributed by atoms with Gasteiger partial charge in [0.2, 0.25) is 11.8 Å². The first-order valence-corrected chi connectivity index (χ1v) is 14.9. The molecule has 4 heterocycles. The fraction of sp³-hybridized carbons (Fsp3) is 0.387. The number of thioether (sulfide) groups is 1. The number of hydrogen-bond acceptors (Lipinski definition) is 5. The number of likely N-dealkylation sites (tertiary alicyclic amines) is 1. The lowest BCUT2D eigenvalue weighted by Crippen LogP contribution is -2.57. The quantitative estimate of drug-likeness (QED) is 0.540. The number of benzene rings is 2. The van der Waals surface area contributed by atoms with Crippen LogP contribution in [0.2, 0.25) is 5.02 Å². The van der Waals surface area contributed by atoms with E-state index in [0.29, 0.717) is 17.3 Å². The predicted octanol–water partition coefficient (Wildman–Crippen LogP) is 4.16. The second-order valence-electron chi connectivity index (χ2n) is 11.1. The minimum Gasteiger partial charge on any atom is -0.394 e. The summed E-state index contributed by atoms with van der Waals surface area (Å²) >= 11 is 8.07. The second kappa shape index (κ2) is 10.4.